The Kier molecular flexibility index (Phi) is 7.09. The number of rotatable bonds is 6. The zero-order chi connectivity index (χ0) is 7.82. The van der Waals surface area contributed by atoms with E-state index in [2.05, 4.69) is 19.2 Å². The van der Waals surface area contributed by atoms with Crippen LogP contribution in [0.15, 0.2) is 0 Å². The smallest absolute Gasteiger partial charge is 0.292 e. The molecule has 2 nitrogen and oxygen atoms in total. The summed E-state index contributed by atoms with van der Waals surface area (Å²) in [7, 11) is 1.94. The van der Waals surface area contributed by atoms with Crippen LogP contribution in [0.1, 0.15) is 13.8 Å². The molecule has 0 bridgehead atoms. The maximum Gasteiger partial charge on any atom is 0.292 e. The van der Waals surface area contributed by atoms with E-state index in [0.717, 1.165) is 25.8 Å². The molecule has 3 heteroatoms. The molecule has 0 aromatic heterocycles. The van der Waals surface area contributed by atoms with Crippen LogP contribution in [-0.4, -0.2) is 27.1 Å². The standard InChI is InChI=1S/C7H18BNO/c1-4-8(5-2)10-7-6-9-3/h9H,4-7H2,1-3H3. The molecule has 0 rings (SSSR count). The fourth-order valence-electron chi connectivity index (χ4n) is 0.852. The van der Waals surface area contributed by atoms with Crippen LogP contribution in [0.3, 0.4) is 0 Å². The molecule has 0 saturated heterocycles. The molecule has 0 spiro atoms. The van der Waals surface area contributed by atoms with Crippen LogP contribution in [-0.2, 0) is 4.65 Å². The summed E-state index contributed by atoms with van der Waals surface area (Å²) >= 11 is 0. The predicted molar refractivity (Wildman–Crippen MR) is 46.6 cm³/mol. The van der Waals surface area contributed by atoms with E-state index in [1.54, 1.807) is 0 Å². The summed E-state index contributed by atoms with van der Waals surface area (Å²) in [5.41, 5.74) is 0. The Hall–Kier alpha value is -0.0151. The lowest BCUT2D eigenvalue weighted by molar-refractivity contribution is 0.320. The summed E-state index contributed by atoms with van der Waals surface area (Å²) in [6.45, 7) is 6.58. The van der Waals surface area contributed by atoms with Gasteiger partial charge < -0.3 is 9.97 Å². The van der Waals surface area contributed by atoms with Gasteiger partial charge in [0, 0.05) is 13.2 Å². The van der Waals surface area contributed by atoms with E-state index in [0.29, 0.717) is 6.92 Å². The van der Waals surface area contributed by atoms with Crippen LogP contribution in [0.2, 0.25) is 12.6 Å². The minimum absolute atomic E-state index is 0.466. The highest BCUT2D eigenvalue weighted by Crippen LogP contribution is 1.98. The summed E-state index contributed by atoms with van der Waals surface area (Å²) in [6, 6.07) is 0. The fourth-order valence-corrected chi connectivity index (χ4v) is 0.852. The van der Waals surface area contributed by atoms with Gasteiger partial charge in [-0.1, -0.05) is 26.5 Å². The highest BCUT2D eigenvalue weighted by Gasteiger charge is 2.07. The van der Waals surface area contributed by atoms with Crippen molar-refractivity contribution in [2.75, 3.05) is 20.2 Å². The molecule has 0 atom stereocenters. The molecule has 0 heterocycles. The molecule has 0 amide bonds. The zero-order valence-corrected chi connectivity index (χ0v) is 7.31. The lowest BCUT2D eigenvalue weighted by atomic mass is 9.63. The summed E-state index contributed by atoms with van der Waals surface area (Å²) in [6.07, 6.45) is 2.25. The molecule has 0 aromatic rings. The molecule has 0 aliphatic heterocycles. The van der Waals surface area contributed by atoms with E-state index in [-0.39, 0.29) is 0 Å². The van der Waals surface area contributed by atoms with Gasteiger partial charge in [0.25, 0.3) is 6.92 Å². The van der Waals surface area contributed by atoms with Crippen LogP contribution in [0, 0.1) is 0 Å². The number of hydrogen-bond donors (Lipinski definition) is 1. The topological polar surface area (TPSA) is 21.3 Å². The Morgan fingerprint density at radius 3 is 2.30 bits per heavy atom. The third kappa shape index (κ3) is 4.83. The third-order valence-electron chi connectivity index (χ3n) is 1.62. The molecule has 0 radical (unpaired) electrons. The first-order valence-corrected chi connectivity index (χ1v) is 4.11. The van der Waals surface area contributed by atoms with Gasteiger partial charge in [-0.25, -0.2) is 0 Å². The van der Waals surface area contributed by atoms with E-state index in [9.17, 15) is 0 Å². The molecular weight excluding hydrogens is 125 g/mol. The normalized spacial score (nSPS) is 9.90. The average Bonchev–Trinajstić information content (AvgIpc) is 1.99. The van der Waals surface area contributed by atoms with Crippen molar-refractivity contribution in [3.63, 3.8) is 0 Å². The fraction of sp³-hybridized carbons (Fsp3) is 1.00. The van der Waals surface area contributed by atoms with Gasteiger partial charge in [-0.15, -0.1) is 0 Å². The van der Waals surface area contributed by atoms with Gasteiger partial charge in [0.1, 0.15) is 0 Å². The van der Waals surface area contributed by atoms with Crippen LogP contribution in [0.5, 0.6) is 0 Å². The van der Waals surface area contributed by atoms with Crippen molar-refractivity contribution in [2.24, 2.45) is 0 Å². The molecular formula is C7H18BNO. The third-order valence-corrected chi connectivity index (χ3v) is 1.62. The number of likely N-dealkylation sites (N-methyl/N-ethyl adjacent to an activating group) is 1. The SMILES string of the molecule is CCB(CC)OCCNC. The monoisotopic (exact) mass is 143 g/mol. The van der Waals surface area contributed by atoms with E-state index in [4.69, 9.17) is 4.65 Å². The molecule has 10 heavy (non-hydrogen) atoms. The minimum atomic E-state index is 0.466. The summed E-state index contributed by atoms with van der Waals surface area (Å²) in [4.78, 5) is 0. The highest BCUT2D eigenvalue weighted by atomic mass is 16.4. The van der Waals surface area contributed by atoms with Crippen LogP contribution < -0.4 is 5.32 Å². The molecule has 0 aliphatic carbocycles. The largest absolute Gasteiger partial charge is 0.435 e. The van der Waals surface area contributed by atoms with Gasteiger partial charge in [-0.3, -0.25) is 0 Å². The lowest BCUT2D eigenvalue weighted by Gasteiger charge is -2.09. The molecule has 0 unspecified atom stereocenters. The maximum atomic E-state index is 5.52. The van der Waals surface area contributed by atoms with Gasteiger partial charge in [-0.2, -0.15) is 0 Å². The Bertz CT molecular complexity index is 66.6. The van der Waals surface area contributed by atoms with Crippen LogP contribution >= 0.6 is 0 Å². The lowest BCUT2D eigenvalue weighted by Crippen LogP contribution is -2.22. The van der Waals surface area contributed by atoms with Crippen molar-refractivity contribution >= 4 is 6.92 Å². The molecule has 60 valence electrons. The van der Waals surface area contributed by atoms with Crippen molar-refractivity contribution in [1.82, 2.24) is 5.32 Å². The Labute approximate surface area is 64.5 Å². The molecule has 0 aromatic carbocycles. The molecule has 1 N–H and O–H groups in total. The number of hydrogen-bond acceptors (Lipinski definition) is 2. The van der Waals surface area contributed by atoms with Crippen LogP contribution in [0.25, 0.3) is 0 Å². The van der Waals surface area contributed by atoms with Gasteiger partial charge in [0.05, 0.1) is 0 Å². The zero-order valence-electron chi connectivity index (χ0n) is 7.31. The first-order chi connectivity index (χ1) is 4.85. The summed E-state index contributed by atoms with van der Waals surface area (Å²) < 4.78 is 5.52. The van der Waals surface area contributed by atoms with Gasteiger partial charge in [0.15, 0.2) is 0 Å². The Morgan fingerprint density at radius 1 is 1.30 bits per heavy atom. The first-order valence-electron chi connectivity index (χ1n) is 4.11. The summed E-state index contributed by atoms with van der Waals surface area (Å²) in [5.74, 6) is 0. The Morgan fingerprint density at radius 2 is 1.90 bits per heavy atom. The maximum absolute atomic E-state index is 5.52. The van der Waals surface area contributed by atoms with Crippen molar-refractivity contribution in [1.29, 1.82) is 0 Å². The van der Waals surface area contributed by atoms with Crippen molar-refractivity contribution in [3.05, 3.63) is 0 Å². The predicted octanol–water partition coefficient (Wildman–Crippen LogP) is 1.25. The minimum Gasteiger partial charge on any atom is -0.435 e. The van der Waals surface area contributed by atoms with E-state index in [1.807, 2.05) is 7.05 Å². The summed E-state index contributed by atoms with van der Waals surface area (Å²) in [5, 5.41) is 3.05. The Balaban J connectivity index is 3.09. The van der Waals surface area contributed by atoms with E-state index in [1.165, 1.54) is 0 Å². The van der Waals surface area contributed by atoms with Crippen molar-refractivity contribution in [3.8, 4) is 0 Å². The van der Waals surface area contributed by atoms with Crippen molar-refractivity contribution < 1.29 is 4.65 Å². The number of nitrogens with one attached hydrogen (secondary N) is 1. The average molecular weight is 143 g/mol. The van der Waals surface area contributed by atoms with E-state index >= 15 is 0 Å². The van der Waals surface area contributed by atoms with Gasteiger partial charge in [-0.05, 0) is 7.05 Å². The quantitative estimate of drug-likeness (QED) is 0.446. The first kappa shape index (κ1) is 9.98. The second kappa shape index (κ2) is 7.10. The second-order valence-corrected chi connectivity index (χ2v) is 2.41. The van der Waals surface area contributed by atoms with Gasteiger partial charge >= 0.3 is 0 Å². The molecule has 0 aliphatic rings. The van der Waals surface area contributed by atoms with Gasteiger partial charge in [0.2, 0.25) is 0 Å². The van der Waals surface area contributed by atoms with Crippen LogP contribution in [0.4, 0.5) is 0 Å². The van der Waals surface area contributed by atoms with Crippen molar-refractivity contribution in [2.45, 2.75) is 26.5 Å². The second-order valence-electron chi connectivity index (χ2n) is 2.41. The molecule has 0 fully saturated rings. The van der Waals surface area contributed by atoms with E-state index < -0.39 is 0 Å². The molecule has 0 saturated carbocycles. The highest BCUT2D eigenvalue weighted by molar-refractivity contribution is 6.51.